The summed E-state index contributed by atoms with van der Waals surface area (Å²) in [6, 6.07) is 6.62. The predicted octanol–water partition coefficient (Wildman–Crippen LogP) is 2.79. The Morgan fingerprint density at radius 3 is 2.73 bits per heavy atom. The second-order valence-electron chi connectivity index (χ2n) is 4.17. The number of halogens is 1. The normalized spacial score (nSPS) is 16.2. The first-order valence-electron chi connectivity index (χ1n) is 5.43. The maximum Gasteiger partial charge on any atom is 0.0426 e. The van der Waals surface area contributed by atoms with E-state index in [0.29, 0.717) is 12.6 Å². The topological polar surface area (TPSA) is 29.3 Å². The average Bonchev–Trinajstić information content (AvgIpc) is 2.15. The van der Waals surface area contributed by atoms with Gasteiger partial charge >= 0.3 is 0 Å². The van der Waals surface area contributed by atoms with Gasteiger partial charge in [0.25, 0.3) is 0 Å². The van der Waals surface area contributed by atoms with Gasteiger partial charge in [-0.2, -0.15) is 0 Å². The molecule has 1 aliphatic rings. The molecule has 0 unspecified atom stereocenters. The van der Waals surface area contributed by atoms with Gasteiger partial charge in [-0.1, -0.05) is 17.7 Å². The highest BCUT2D eigenvalue weighted by Gasteiger charge is 2.23. The minimum atomic E-state index is 0.573. The fourth-order valence-corrected chi connectivity index (χ4v) is 2.17. The van der Waals surface area contributed by atoms with Gasteiger partial charge in [-0.25, -0.2) is 0 Å². The highest BCUT2D eigenvalue weighted by molar-refractivity contribution is 6.30. The zero-order chi connectivity index (χ0) is 10.8. The highest BCUT2D eigenvalue weighted by atomic mass is 35.5. The molecular formula is C12H17ClN2. The van der Waals surface area contributed by atoms with Crippen LogP contribution in [0.3, 0.4) is 0 Å². The summed E-state index contributed by atoms with van der Waals surface area (Å²) in [6.07, 6.45) is 3.91. The van der Waals surface area contributed by atoms with Gasteiger partial charge < -0.3 is 10.6 Å². The Balaban J connectivity index is 2.27. The minimum absolute atomic E-state index is 0.573. The number of nitrogens with zero attached hydrogens (tertiary/aromatic N) is 1. The Bertz CT molecular complexity index is 347. The van der Waals surface area contributed by atoms with Crippen molar-refractivity contribution in [3.63, 3.8) is 0 Å². The monoisotopic (exact) mass is 224 g/mol. The van der Waals surface area contributed by atoms with Crippen molar-refractivity contribution < 1.29 is 0 Å². The molecule has 0 saturated heterocycles. The lowest BCUT2D eigenvalue weighted by atomic mass is 9.91. The third kappa shape index (κ3) is 2.11. The highest BCUT2D eigenvalue weighted by Crippen LogP contribution is 2.31. The number of nitrogens with two attached hydrogens (primary N) is 1. The second-order valence-corrected chi connectivity index (χ2v) is 4.61. The van der Waals surface area contributed by atoms with E-state index in [2.05, 4.69) is 11.9 Å². The van der Waals surface area contributed by atoms with E-state index in [0.717, 1.165) is 5.02 Å². The SMILES string of the molecule is CN(c1cc(Cl)ccc1CN)C1CCC1. The van der Waals surface area contributed by atoms with E-state index in [1.54, 1.807) is 0 Å². The lowest BCUT2D eigenvalue weighted by Crippen LogP contribution is -2.37. The zero-order valence-corrected chi connectivity index (χ0v) is 9.80. The molecule has 0 atom stereocenters. The quantitative estimate of drug-likeness (QED) is 0.856. The van der Waals surface area contributed by atoms with Crippen molar-refractivity contribution in [1.29, 1.82) is 0 Å². The summed E-state index contributed by atoms with van der Waals surface area (Å²) in [7, 11) is 2.13. The van der Waals surface area contributed by atoms with E-state index >= 15 is 0 Å². The lowest BCUT2D eigenvalue weighted by molar-refractivity contribution is 0.400. The summed E-state index contributed by atoms with van der Waals surface area (Å²) < 4.78 is 0. The van der Waals surface area contributed by atoms with Crippen molar-refractivity contribution in [3.8, 4) is 0 Å². The fourth-order valence-electron chi connectivity index (χ4n) is 2.01. The van der Waals surface area contributed by atoms with E-state index in [4.69, 9.17) is 17.3 Å². The maximum atomic E-state index is 6.02. The number of rotatable bonds is 3. The van der Waals surface area contributed by atoms with Crippen LogP contribution < -0.4 is 10.6 Å². The molecule has 1 saturated carbocycles. The Hall–Kier alpha value is -0.730. The molecule has 0 aliphatic heterocycles. The van der Waals surface area contributed by atoms with Crippen molar-refractivity contribution in [2.45, 2.75) is 31.8 Å². The molecule has 15 heavy (non-hydrogen) atoms. The molecule has 1 aromatic carbocycles. The summed E-state index contributed by atoms with van der Waals surface area (Å²) in [5, 5.41) is 0.786. The molecule has 82 valence electrons. The van der Waals surface area contributed by atoms with Crippen LogP contribution >= 0.6 is 11.6 Å². The van der Waals surface area contributed by atoms with Crippen LogP contribution in [0.25, 0.3) is 0 Å². The zero-order valence-electron chi connectivity index (χ0n) is 9.04. The van der Waals surface area contributed by atoms with Crippen LogP contribution in [0.1, 0.15) is 24.8 Å². The molecule has 0 aromatic heterocycles. The Morgan fingerprint density at radius 2 is 2.20 bits per heavy atom. The van der Waals surface area contributed by atoms with E-state index in [1.807, 2.05) is 18.2 Å². The van der Waals surface area contributed by atoms with Gasteiger partial charge in [-0.05, 0) is 37.0 Å². The summed E-state index contributed by atoms with van der Waals surface area (Å²) >= 11 is 6.02. The van der Waals surface area contributed by atoms with Crippen LogP contribution in [-0.2, 0) is 6.54 Å². The van der Waals surface area contributed by atoms with E-state index in [9.17, 15) is 0 Å². The van der Waals surface area contributed by atoms with Crippen LogP contribution in [0.2, 0.25) is 5.02 Å². The molecule has 2 rings (SSSR count). The predicted molar refractivity (Wildman–Crippen MR) is 65.4 cm³/mol. The number of hydrogen-bond donors (Lipinski definition) is 1. The first-order valence-corrected chi connectivity index (χ1v) is 5.81. The Morgan fingerprint density at radius 1 is 1.47 bits per heavy atom. The van der Waals surface area contributed by atoms with Crippen LogP contribution in [0, 0.1) is 0 Å². The van der Waals surface area contributed by atoms with Gasteiger partial charge in [-0.3, -0.25) is 0 Å². The average molecular weight is 225 g/mol. The van der Waals surface area contributed by atoms with Crippen LogP contribution in [0.4, 0.5) is 5.69 Å². The van der Waals surface area contributed by atoms with Crippen molar-refractivity contribution >= 4 is 17.3 Å². The van der Waals surface area contributed by atoms with Crippen molar-refractivity contribution in [2.75, 3.05) is 11.9 Å². The van der Waals surface area contributed by atoms with Crippen LogP contribution in [-0.4, -0.2) is 13.1 Å². The molecule has 0 bridgehead atoms. The minimum Gasteiger partial charge on any atom is -0.371 e. The standard InChI is InChI=1S/C12H17ClN2/c1-15(11-3-2-4-11)12-7-10(13)6-5-9(12)8-14/h5-7,11H,2-4,8,14H2,1H3. The molecule has 2 N–H and O–H groups in total. The summed E-state index contributed by atoms with van der Waals surface area (Å²) in [6.45, 7) is 0.573. The fraction of sp³-hybridized carbons (Fsp3) is 0.500. The molecule has 1 aromatic rings. The first-order chi connectivity index (χ1) is 7.22. The summed E-state index contributed by atoms with van der Waals surface area (Å²) in [5.41, 5.74) is 8.09. The van der Waals surface area contributed by atoms with Crippen LogP contribution in [0.15, 0.2) is 18.2 Å². The second kappa shape index (κ2) is 4.42. The van der Waals surface area contributed by atoms with Gasteiger partial charge in [0.15, 0.2) is 0 Å². The van der Waals surface area contributed by atoms with Gasteiger partial charge in [0.05, 0.1) is 0 Å². The van der Waals surface area contributed by atoms with Gasteiger partial charge in [0.1, 0.15) is 0 Å². The maximum absolute atomic E-state index is 6.02. The molecule has 0 heterocycles. The summed E-state index contributed by atoms with van der Waals surface area (Å²) in [4.78, 5) is 2.32. The number of anilines is 1. The van der Waals surface area contributed by atoms with E-state index < -0.39 is 0 Å². The van der Waals surface area contributed by atoms with Gasteiger partial charge in [-0.15, -0.1) is 0 Å². The smallest absolute Gasteiger partial charge is 0.0426 e. The Labute approximate surface area is 96.0 Å². The number of benzene rings is 1. The van der Waals surface area contributed by atoms with Crippen LogP contribution in [0.5, 0.6) is 0 Å². The third-order valence-corrected chi connectivity index (χ3v) is 3.50. The lowest BCUT2D eigenvalue weighted by Gasteiger charge is -2.37. The molecule has 3 heteroatoms. The largest absolute Gasteiger partial charge is 0.371 e. The van der Waals surface area contributed by atoms with Gasteiger partial charge in [0.2, 0.25) is 0 Å². The molecule has 0 radical (unpaired) electrons. The molecule has 1 fully saturated rings. The third-order valence-electron chi connectivity index (χ3n) is 3.27. The molecule has 0 spiro atoms. The first kappa shape index (κ1) is 10.8. The summed E-state index contributed by atoms with van der Waals surface area (Å²) in [5.74, 6) is 0. The molecule has 0 amide bonds. The molecular weight excluding hydrogens is 208 g/mol. The molecule has 1 aliphatic carbocycles. The number of hydrogen-bond acceptors (Lipinski definition) is 2. The van der Waals surface area contributed by atoms with Crippen molar-refractivity contribution in [3.05, 3.63) is 28.8 Å². The Kier molecular flexibility index (Phi) is 3.17. The van der Waals surface area contributed by atoms with E-state index in [-0.39, 0.29) is 0 Å². The van der Waals surface area contributed by atoms with E-state index in [1.165, 1.54) is 30.5 Å². The van der Waals surface area contributed by atoms with Crippen molar-refractivity contribution in [1.82, 2.24) is 0 Å². The van der Waals surface area contributed by atoms with Gasteiger partial charge in [0, 0.05) is 30.3 Å². The van der Waals surface area contributed by atoms with Crippen molar-refractivity contribution in [2.24, 2.45) is 5.73 Å². The molecule has 2 nitrogen and oxygen atoms in total.